The van der Waals surface area contributed by atoms with E-state index in [0.717, 1.165) is 16.4 Å². The van der Waals surface area contributed by atoms with Crippen molar-refractivity contribution >= 4 is 21.8 Å². The Kier molecular flexibility index (Phi) is 1.42. The molecule has 0 radical (unpaired) electrons. The molecule has 3 rings (SSSR count). The molecular weight excluding hydrogens is 192 g/mol. The number of pyridine rings is 1. The summed E-state index contributed by atoms with van der Waals surface area (Å²) in [5, 5.41) is 11.2. The second-order valence-corrected chi connectivity index (χ2v) is 3.45. The third-order valence-electron chi connectivity index (χ3n) is 2.51. The van der Waals surface area contributed by atoms with Crippen molar-refractivity contribution in [1.82, 2.24) is 9.97 Å². The highest BCUT2D eigenvalue weighted by molar-refractivity contribution is 6.09. The van der Waals surface area contributed by atoms with Gasteiger partial charge in [-0.15, -0.1) is 0 Å². The lowest BCUT2D eigenvalue weighted by Crippen LogP contribution is -2.00. The molecule has 0 unspecified atom stereocenters. The molecule has 0 atom stereocenters. The van der Waals surface area contributed by atoms with Crippen LogP contribution in [0.3, 0.4) is 0 Å². The second kappa shape index (κ2) is 2.63. The summed E-state index contributed by atoms with van der Waals surface area (Å²) in [7, 11) is 0. The van der Waals surface area contributed by atoms with Crippen LogP contribution in [0.4, 0.5) is 0 Å². The summed E-state index contributed by atoms with van der Waals surface area (Å²) in [4.78, 5) is 16.9. The number of H-pyrrole nitrogens is 2. The molecule has 2 heterocycles. The molecular formula is C11H8N2O2. The van der Waals surface area contributed by atoms with Gasteiger partial charge in [0.15, 0.2) is 0 Å². The van der Waals surface area contributed by atoms with E-state index in [1.807, 2.05) is 6.07 Å². The molecule has 0 saturated carbocycles. The van der Waals surface area contributed by atoms with Gasteiger partial charge >= 0.3 is 0 Å². The van der Waals surface area contributed by atoms with E-state index in [1.165, 1.54) is 6.07 Å². The molecule has 0 fully saturated rings. The largest absolute Gasteiger partial charge is 0.507 e. The minimum absolute atomic E-state index is 0.174. The first-order chi connectivity index (χ1) is 7.25. The van der Waals surface area contributed by atoms with Crippen molar-refractivity contribution in [3.05, 3.63) is 40.8 Å². The molecule has 4 nitrogen and oxygen atoms in total. The van der Waals surface area contributed by atoms with Gasteiger partial charge in [-0.3, -0.25) is 4.79 Å². The zero-order chi connectivity index (χ0) is 10.4. The van der Waals surface area contributed by atoms with E-state index < -0.39 is 0 Å². The SMILES string of the molecule is O=c1cc2c(c[nH]1)[nH]c1cccc(O)c12. The Morgan fingerprint density at radius 1 is 1.20 bits per heavy atom. The molecule has 0 amide bonds. The predicted molar refractivity (Wildman–Crippen MR) is 58.1 cm³/mol. The first kappa shape index (κ1) is 8.11. The Labute approximate surface area is 84.2 Å². The lowest BCUT2D eigenvalue weighted by molar-refractivity contribution is 0.482. The fraction of sp³-hybridized carbons (Fsp3) is 0. The first-order valence-electron chi connectivity index (χ1n) is 4.58. The van der Waals surface area contributed by atoms with Gasteiger partial charge in [-0.05, 0) is 12.1 Å². The fourth-order valence-electron chi connectivity index (χ4n) is 1.85. The molecule has 74 valence electrons. The number of hydrogen-bond donors (Lipinski definition) is 3. The minimum Gasteiger partial charge on any atom is -0.507 e. The van der Waals surface area contributed by atoms with E-state index in [0.29, 0.717) is 5.39 Å². The Morgan fingerprint density at radius 3 is 2.93 bits per heavy atom. The molecule has 15 heavy (non-hydrogen) atoms. The molecule has 3 aromatic rings. The quantitative estimate of drug-likeness (QED) is 0.517. The summed E-state index contributed by atoms with van der Waals surface area (Å²) in [6, 6.07) is 6.71. The second-order valence-electron chi connectivity index (χ2n) is 3.45. The smallest absolute Gasteiger partial charge is 0.248 e. The van der Waals surface area contributed by atoms with Crippen LogP contribution in [0.5, 0.6) is 5.75 Å². The summed E-state index contributed by atoms with van der Waals surface area (Å²) < 4.78 is 0. The Bertz CT molecular complexity index is 709. The van der Waals surface area contributed by atoms with Crippen LogP contribution in [-0.2, 0) is 0 Å². The lowest BCUT2D eigenvalue weighted by Gasteiger charge is -1.93. The molecule has 2 aromatic heterocycles. The number of phenolic OH excluding ortho intramolecular Hbond substituents is 1. The number of rotatable bonds is 0. The standard InChI is InChI=1S/C11H8N2O2/c14-9-3-1-2-7-11(9)6-4-10(15)12-5-8(6)13-7/h1-5,13-14H,(H,12,15). The Morgan fingerprint density at radius 2 is 2.07 bits per heavy atom. The van der Waals surface area contributed by atoms with Gasteiger partial charge in [-0.1, -0.05) is 6.07 Å². The summed E-state index contributed by atoms with van der Waals surface area (Å²) in [5.41, 5.74) is 1.46. The summed E-state index contributed by atoms with van der Waals surface area (Å²) in [5.74, 6) is 0.185. The number of aromatic amines is 2. The number of hydrogen-bond acceptors (Lipinski definition) is 2. The zero-order valence-corrected chi connectivity index (χ0v) is 7.74. The normalized spacial score (nSPS) is 11.2. The third kappa shape index (κ3) is 1.05. The van der Waals surface area contributed by atoms with E-state index >= 15 is 0 Å². The summed E-state index contributed by atoms with van der Waals surface area (Å²) in [6.45, 7) is 0. The molecule has 0 spiro atoms. The molecule has 0 bridgehead atoms. The molecule has 4 heteroatoms. The van der Waals surface area contributed by atoms with Gasteiger partial charge in [0.05, 0.1) is 11.0 Å². The lowest BCUT2D eigenvalue weighted by atomic mass is 10.2. The fourth-order valence-corrected chi connectivity index (χ4v) is 1.85. The van der Waals surface area contributed by atoms with E-state index in [9.17, 15) is 9.90 Å². The third-order valence-corrected chi connectivity index (χ3v) is 2.51. The van der Waals surface area contributed by atoms with Gasteiger partial charge in [0.2, 0.25) is 5.56 Å². The monoisotopic (exact) mass is 200 g/mol. The van der Waals surface area contributed by atoms with E-state index in [4.69, 9.17) is 0 Å². The van der Waals surface area contributed by atoms with E-state index in [2.05, 4.69) is 9.97 Å². The predicted octanol–water partition coefficient (Wildman–Crippen LogP) is 1.71. The van der Waals surface area contributed by atoms with E-state index in [-0.39, 0.29) is 11.3 Å². The molecule has 1 aromatic carbocycles. The van der Waals surface area contributed by atoms with Crippen LogP contribution in [0.25, 0.3) is 21.8 Å². The highest BCUT2D eigenvalue weighted by Crippen LogP contribution is 2.30. The maximum Gasteiger partial charge on any atom is 0.248 e. The van der Waals surface area contributed by atoms with Crippen LogP contribution in [-0.4, -0.2) is 15.1 Å². The van der Waals surface area contributed by atoms with Crippen molar-refractivity contribution < 1.29 is 5.11 Å². The average Bonchev–Trinajstić information content (AvgIpc) is 2.57. The van der Waals surface area contributed by atoms with Gasteiger partial charge < -0.3 is 15.1 Å². The zero-order valence-electron chi connectivity index (χ0n) is 7.74. The van der Waals surface area contributed by atoms with Gasteiger partial charge in [-0.2, -0.15) is 0 Å². The summed E-state index contributed by atoms with van der Waals surface area (Å²) in [6.07, 6.45) is 1.61. The number of nitrogens with one attached hydrogen (secondary N) is 2. The number of fused-ring (bicyclic) bond motifs is 3. The Hall–Kier alpha value is -2.23. The number of aromatic nitrogens is 2. The number of aromatic hydroxyl groups is 1. The maximum absolute atomic E-state index is 11.2. The summed E-state index contributed by atoms with van der Waals surface area (Å²) >= 11 is 0. The van der Waals surface area contributed by atoms with Crippen LogP contribution >= 0.6 is 0 Å². The van der Waals surface area contributed by atoms with Crippen LogP contribution in [0.1, 0.15) is 0 Å². The number of phenols is 1. The molecule has 0 aliphatic carbocycles. The van der Waals surface area contributed by atoms with Crippen LogP contribution in [0, 0.1) is 0 Å². The first-order valence-corrected chi connectivity index (χ1v) is 4.58. The van der Waals surface area contributed by atoms with Gasteiger partial charge in [0.25, 0.3) is 0 Å². The van der Waals surface area contributed by atoms with Crippen LogP contribution in [0.15, 0.2) is 35.3 Å². The van der Waals surface area contributed by atoms with Crippen LogP contribution < -0.4 is 5.56 Å². The maximum atomic E-state index is 11.2. The minimum atomic E-state index is -0.174. The van der Waals surface area contributed by atoms with Crippen molar-refractivity contribution in [3.63, 3.8) is 0 Å². The van der Waals surface area contributed by atoms with Gasteiger partial charge in [-0.25, -0.2) is 0 Å². The van der Waals surface area contributed by atoms with Crippen molar-refractivity contribution in [1.29, 1.82) is 0 Å². The highest BCUT2D eigenvalue weighted by atomic mass is 16.3. The Balaban J connectivity index is 2.67. The van der Waals surface area contributed by atoms with Crippen molar-refractivity contribution in [3.8, 4) is 5.75 Å². The molecule has 0 aliphatic heterocycles. The van der Waals surface area contributed by atoms with E-state index in [1.54, 1.807) is 18.3 Å². The molecule has 3 N–H and O–H groups in total. The van der Waals surface area contributed by atoms with Gasteiger partial charge in [0, 0.05) is 23.0 Å². The highest BCUT2D eigenvalue weighted by Gasteiger charge is 2.07. The van der Waals surface area contributed by atoms with Crippen LogP contribution in [0.2, 0.25) is 0 Å². The van der Waals surface area contributed by atoms with Crippen molar-refractivity contribution in [2.24, 2.45) is 0 Å². The number of benzene rings is 1. The topological polar surface area (TPSA) is 68.9 Å². The van der Waals surface area contributed by atoms with Gasteiger partial charge in [0.1, 0.15) is 5.75 Å². The molecule has 0 aliphatic rings. The average molecular weight is 200 g/mol. The van der Waals surface area contributed by atoms with Crippen molar-refractivity contribution in [2.45, 2.75) is 0 Å². The molecule has 0 saturated heterocycles. The van der Waals surface area contributed by atoms with Crippen molar-refractivity contribution in [2.75, 3.05) is 0 Å².